The number of rotatable bonds is 4. The molecule has 0 bridgehead atoms. The molecule has 3 rings (SSSR count). The predicted molar refractivity (Wildman–Crippen MR) is 88.2 cm³/mol. The smallest absolute Gasteiger partial charge is 0.288 e. The SMILES string of the molecule is NC1=C(c2cccc(SC(F)F)c2)C(=O)C(c2ccccc2)C1. The van der Waals surface area contributed by atoms with Gasteiger partial charge in [-0.3, -0.25) is 4.79 Å². The summed E-state index contributed by atoms with van der Waals surface area (Å²) in [6.07, 6.45) is 0.463. The summed E-state index contributed by atoms with van der Waals surface area (Å²) >= 11 is 0.463. The van der Waals surface area contributed by atoms with E-state index in [0.717, 1.165) is 5.56 Å². The standard InChI is InChI=1S/C18H15F2NOS/c19-18(20)23-13-8-4-7-12(9-13)16-15(21)10-14(17(16)22)11-5-2-1-3-6-11/h1-9,14,18H,10,21H2. The first-order valence-corrected chi connectivity index (χ1v) is 8.07. The van der Waals surface area contributed by atoms with Crippen LogP contribution in [0.2, 0.25) is 0 Å². The number of carbonyl (C=O) groups excluding carboxylic acids is 1. The van der Waals surface area contributed by atoms with Gasteiger partial charge in [-0.1, -0.05) is 54.2 Å². The summed E-state index contributed by atoms with van der Waals surface area (Å²) < 4.78 is 25.1. The summed E-state index contributed by atoms with van der Waals surface area (Å²) in [5.41, 5.74) is 8.59. The van der Waals surface area contributed by atoms with Gasteiger partial charge >= 0.3 is 0 Å². The molecule has 2 aromatic rings. The fraction of sp³-hybridized carbons (Fsp3) is 0.167. The zero-order chi connectivity index (χ0) is 16.4. The fourth-order valence-electron chi connectivity index (χ4n) is 2.86. The molecule has 118 valence electrons. The molecular formula is C18H15F2NOS. The lowest BCUT2D eigenvalue weighted by atomic mass is 9.93. The van der Waals surface area contributed by atoms with E-state index >= 15 is 0 Å². The monoisotopic (exact) mass is 331 g/mol. The number of nitrogens with two attached hydrogens (primary N) is 1. The van der Waals surface area contributed by atoms with Gasteiger partial charge in [0, 0.05) is 22.6 Å². The van der Waals surface area contributed by atoms with Gasteiger partial charge in [0.2, 0.25) is 0 Å². The van der Waals surface area contributed by atoms with E-state index < -0.39 is 5.76 Å². The first kappa shape index (κ1) is 15.7. The highest BCUT2D eigenvalue weighted by Crippen LogP contribution is 2.39. The van der Waals surface area contributed by atoms with Gasteiger partial charge in [-0.25, -0.2) is 0 Å². The van der Waals surface area contributed by atoms with E-state index in [9.17, 15) is 13.6 Å². The molecule has 0 saturated carbocycles. The summed E-state index contributed by atoms with van der Waals surface area (Å²) in [6.45, 7) is 0. The van der Waals surface area contributed by atoms with Crippen LogP contribution in [0.3, 0.4) is 0 Å². The second-order valence-electron chi connectivity index (χ2n) is 5.34. The van der Waals surface area contributed by atoms with E-state index in [1.165, 1.54) is 0 Å². The van der Waals surface area contributed by atoms with Crippen molar-refractivity contribution in [2.75, 3.05) is 0 Å². The third-order valence-corrected chi connectivity index (χ3v) is 4.56. The molecule has 23 heavy (non-hydrogen) atoms. The molecule has 1 atom stereocenters. The Morgan fingerprint density at radius 2 is 1.83 bits per heavy atom. The molecule has 0 spiro atoms. The number of Topliss-reactive ketones (excluding diaryl/α,β-unsaturated/α-hetero) is 1. The summed E-state index contributed by atoms with van der Waals surface area (Å²) in [6, 6.07) is 16.1. The van der Waals surface area contributed by atoms with E-state index in [4.69, 9.17) is 5.73 Å². The maximum Gasteiger partial charge on any atom is 0.288 e. The van der Waals surface area contributed by atoms with Crippen LogP contribution in [-0.4, -0.2) is 11.5 Å². The highest BCUT2D eigenvalue weighted by Gasteiger charge is 2.33. The largest absolute Gasteiger partial charge is 0.401 e. The van der Waals surface area contributed by atoms with Gasteiger partial charge in [-0.2, -0.15) is 8.78 Å². The Kier molecular flexibility index (Phi) is 4.48. The van der Waals surface area contributed by atoms with E-state index in [1.807, 2.05) is 30.3 Å². The molecule has 0 heterocycles. The Morgan fingerprint density at radius 3 is 2.52 bits per heavy atom. The molecule has 0 saturated heterocycles. The maximum absolute atomic E-state index is 12.8. The Bertz CT molecular complexity index is 759. The van der Waals surface area contributed by atoms with Gasteiger partial charge in [0.15, 0.2) is 5.78 Å². The van der Waals surface area contributed by atoms with Gasteiger partial charge in [0.25, 0.3) is 5.76 Å². The minimum absolute atomic E-state index is 0.0482. The Balaban J connectivity index is 1.91. The van der Waals surface area contributed by atoms with Crippen molar-refractivity contribution in [2.24, 2.45) is 5.73 Å². The van der Waals surface area contributed by atoms with Crippen LogP contribution >= 0.6 is 11.8 Å². The molecule has 0 aliphatic heterocycles. The molecule has 5 heteroatoms. The minimum atomic E-state index is -2.49. The predicted octanol–water partition coefficient (Wildman–Crippen LogP) is 4.43. The first-order chi connectivity index (χ1) is 11.1. The number of benzene rings is 2. The van der Waals surface area contributed by atoms with Crippen LogP contribution in [0.15, 0.2) is 65.2 Å². The van der Waals surface area contributed by atoms with Crippen molar-refractivity contribution in [3.63, 3.8) is 0 Å². The van der Waals surface area contributed by atoms with Crippen LogP contribution in [0.25, 0.3) is 5.57 Å². The van der Waals surface area contributed by atoms with Crippen molar-refractivity contribution < 1.29 is 13.6 Å². The summed E-state index contributed by atoms with van der Waals surface area (Å²) in [4.78, 5) is 13.2. The van der Waals surface area contributed by atoms with Crippen molar-refractivity contribution in [3.05, 3.63) is 71.4 Å². The molecule has 1 aliphatic carbocycles. The van der Waals surface area contributed by atoms with E-state index in [0.29, 0.717) is 39.9 Å². The van der Waals surface area contributed by atoms with Crippen LogP contribution in [0, 0.1) is 0 Å². The lowest BCUT2D eigenvalue weighted by Crippen LogP contribution is -2.08. The summed E-state index contributed by atoms with van der Waals surface area (Å²) in [7, 11) is 0. The third-order valence-electron chi connectivity index (χ3n) is 3.86. The van der Waals surface area contributed by atoms with E-state index in [2.05, 4.69) is 0 Å². The third kappa shape index (κ3) is 3.29. The van der Waals surface area contributed by atoms with Crippen LogP contribution < -0.4 is 5.73 Å². The van der Waals surface area contributed by atoms with Crippen molar-refractivity contribution in [2.45, 2.75) is 23.0 Å². The maximum atomic E-state index is 12.8. The van der Waals surface area contributed by atoms with Gasteiger partial charge in [0.1, 0.15) is 0 Å². The number of alkyl halides is 2. The van der Waals surface area contributed by atoms with Crippen LogP contribution in [0.4, 0.5) is 8.78 Å². The molecule has 1 unspecified atom stereocenters. The minimum Gasteiger partial charge on any atom is -0.401 e. The molecule has 2 nitrogen and oxygen atoms in total. The van der Waals surface area contributed by atoms with Crippen LogP contribution in [-0.2, 0) is 4.79 Å². The van der Waals surface area contributed by atoms with Gasteiger partial charge in [-0.05, 0) is 23.3 Å². The number of ketones is 1. The van der Waals surface area contributed by atoms with Gasteiger partial charge < -0.3 is 5.73 Å². The van der Waals surface area contributed by atoms with E-state index in [1.54, 1.807) is 24.3 Å². The number of carbonyl (C=O) groups is 1. The molecule has 0 fully saturated rings. The van der Waals surface area contributed by atoms with Crippen LogP contribution in [0.5, 0.6) is 0 Å². The Hall–Kier alpha value is -2.14. The zero-order valence-electron chi connectivity index (χ0n) is 12.2. The number of hydrogen-bond donors (Lipinski definition) is 1. The molecule has 0 radical (unpaired) electrons. The second-order valence-corrected chi connectivity index (χ2v) is 6.40. The van der Waals surface area contributed by atoms with Gasteiger partial charge in [-0.15, -0.1) is 0 Å². The zero-order valence-corrected chi connectivity index (χ0v) is 13.0. The average Bonchev–Trinajstić information content (AvgIpc) is 2.82. The van der Waals surface area contributed by atoms with Crippen molar-refractivity contribution >= 4 is 23.1 Å². The van der Waals surface area contributed by atoms with Crippen LogP contribution in [0.1, 0.15) is 23.5 Å². The van der Waals surface area contributed by atoms with Gasteiger partial charge in [0.05, 0.1) is 5.92 Å². The highest BCUT2D eigenvalue weighted by atomic mass is 32.2. The second kappa shape index (κ2) is 6.54. The van der Waals surface area contributed by atoms with Crippen molar-refractivity contribution in [1.82, 2.24) is 0 Å². The number of hydrogen-bond acceptors (Lipinski definition) is 3. The molecular weight excluding hydrogens is 316 g/mol. The number of thioether (sulfide) groups is 1. The molecule has 1 aliphatic rings. The fourth-order valence-corrected chi connectivity index (χ4v) is 3.42. The number of allylic oxidation sites excluding steroid dienone is 2. The lowest BCUT2D eigenvalue weighted by Gasteiger charge is -2.10. The molecule has 2 aromatic carbocycles. The Morgan fingerprint density at radius 1 is 1.09 bits per heavy atom. The van der Waals surface area contributed by atoms with E-state index in [-0.39, 0.29) is 11.7 Å². The molecule has 2 N–H and O–H groups in total. The normalized spacial score (nSPS) is 18.0. The van der Waals surface area contributed by atoms with Crippen molar-refractivity contribution in [3.8, 4) is 0 Å². The molecule has 0 amide bonds. The quantitative estimate of drug-likeness (QED) is 0.843. The lowest BCUT2D eigenvalue weighted by molar-refractivity contribution is -0.114. The topological polar surface area (TPSA) is 43.1 Å². The number of halogens is 2. The average molecular weight is 331 g/mol. The summed E-state index contributed by atoms with van der Waals surface area (Å²) in [5.74, 6) is -2.83. The summed E-state index contributed by atoms with van der Waals surface area (Å²) in [5, 5.41) is 0. The first-order valence-electron chi connectivity index (χ1n) is 7.19. The molecule has 0 aromatic heterocycles. The highest BCUT2D eigenvalue weighted by molar-refractivity contribution is 7.99. The Labute approximate surface area is 137 Å². The van der Waals surface area contributed by atoms with Crippen molar-refractivity contribution in [1.29, 1.82) is 0 Å².